The summed E-state index contributed by atoms with van der Waals surface area (Å²) in [5, 5.41) is 7.64. The number of hydrogen-bond acceptors (Lipinski definition) is 3. The number of fused-ring (bicyclic) bond motifs is 1. The van der Waals surface area contributed by atoms with Crippen LogP contribution >= 0.6 is 0 Å². The molecule has 4 nitrogen and oxygen atoms in total. The molecular weight excluding hydrogens is 152 g/mol. The minimum Gasteiger partial charge on any atom is -0.308 e. The summed E-state index contributed by atoms with van der Waals surface area (Å²) in [4.78, 5) is 1.75. The van der Waals surface area contributed by atoms with Crippen molar-refractivity contribution in [2.75, 3.05) is 12.0 Å². The van der Waals surface area contributed by atoms with E-state index in [2.05, 4.69) is 22.7 Å². The second-order valence-electron chi connectivity index (χ2n) is 2.81. The Morgan fingerprint density at radius 3 is 3.08 bits per heavy atom. The molecule has 2 rings (SSSR count). The van der Waals surface area contributed by atoms with E-state index < -0.39 is 0 Å². The Morgan fingerprint density at radius 1 is 1.58 bits per heavy atom. The summed E-state index contributed by atoms with van der Waals surface area (Å²) in [6.45, 7) is 7.21. The predicted octanol–water partition coefficient (Wildman–Crippen LogP) is 1.04. The van der Waals surface area contributed by atoms with Crippen molar-refractivity contribution in [1.29, 1.82) is 0 Å². The van der Waals surface area contributed by atoms with Gasteiger partial charge in [-0.25, -0.2) is 0 Å². The van der Waals surface area contributed by atoms with Gasteiger partial charge in [-0.05, 0) is 17.6 Å². The van der Waals surface area contributed by atoms with Crippen molar-refractivity contribution in [3.63, 3.8) is 0 Å². The van der Waals surface area contributed by atoms with Gasteiger partial charge in [-0.15, -0.1) is 5.10 Å². The summed E-state index contributed by atoms with van der Waals surface area (Å²) >= 11 is 0. The summed E-state index contributed by atoms with van der Waals surface area (Å²) in [6.07, 6.45) is 2.89. The molecule has 0 aromatic carbocycles. The Kier molecular flexibility index (Phi) is 3.08. The lowest BCUT2D eigenvalue weighted by molar-refractivity contribution is 0.488. The molecule has 1 aliphatic rings. The zero-order chi connectivity index (χ0) is 8.97. The Bertz CT molecular complexity index is 231. The van der Waals surface area contributed by atoms with Crippen LogP contribution in [0, 0.1) is 5.92 Å². The molecule has 0 saturated heterocycles. The van der Waals surface area contributed by atoms with Gasteiger partial charge in [-0.3, -0.25) is 0 Å². The van der Waals surface area contributed by atoms with E-state index in [1.165, 1.54) is 5.69 Å². The van der Waals surface area contributed by atoms with E-state index in [1.54, 1.807) is 4.79 Å². The summed E-state index contributed by atoms with van der Waals surface area (Å²) in [5.74, 6) is 0.700. The molecule has 1 unspecified atom stereocenters. The number of nitrogens with one attached hydrogen (secondary N) is 1. The molecule has 1 aromatic heterocycles. The van der Waals surface area contributed by atoms with Crippen LogP contribution in [0.3, 0.4) is 0 Å². The number of hydrogen-bond donors (Lipinski definition) is 1. The monoisotopic (exact) mass is 168 g/mol. The highest BCUT2D eigenvalue weighted by atomic mass is 15.6. The quantitative estimate of drug-likeness (QED) is 0.629. The maximum Gasteiger partial charge on any atom is 0.0826 e. The van der Waals surface area contributed by atoms with Crippen LogP contribution in [0.2, 0.25) is 0 Å². The molecule has 0 amide bonds. The first-order valence-corrected chi connectivity index (χ1v) is 4.50. The lowest BCUT2D eigenvalue weighted by Crippen LogP contribution is -2.30. The average molecular weight is 168 g/mol. The molecule has 1 aromatic rings. The molecular formula is C8H16N4. The SMILES string of the molecule is CC.CC1CNn2nncc2C1. The van der Waals surface area contributed by atoms with Crippen LogP contribution in [0.5, 0.6) is 0 Å². The third-order valence-electron chi connectivity index (χ3n) is 1.77. The molecule has 0 spiro atoms. The molecule has 12 heavy (non-hydrogen) atoms. The topological polar surface area (TPSA) is 42.7 Å². The molecule has 68 valence electrons. The van der Waals surface area contributed by atoms with Crippen LogP contribution in [0.25, 0.3) is 0 Å². The van der Waals surface area contributed by atoms with E-state index in [0.29, 0.717) is 5.92 Å². The van der Waals surface area contributed by atoms with Crippen molar-refractivity contribution in [2.24, 2.45) is 5.92 Å². The fraction of sp³-hybridized carbons (Fsp3) is 0.750. The van der Waals surface area contributed by atoms with Gasteiger partial charge in [0.15, 0.2) is 0 Å². The molecule has 1 aliphatic heterocycles. The van der Waals surface area contributed by atoms with Gasteiger partial charge in [0.1, 0.15) is 0 Å². The fourth-order valence-corrected chi connectivity index (χ4v) is 1.20. The predicted molar refractivity (Wildman–Crippen MR) is 48.5 cm³/mol. The van der Waals surface area contributed by atoms with Crippen LogP contribution in [-0.4, -0.2) is 21.6 Å². The second kappa shape index (κ2) is 4.09. The Balaban J connectivity index is 0.000000336. The van der Waals surface area contributed by atoms with Crippen molar-refractivity contribution in [3.8, 4) is 0 Å². The van der Waals surface area contributed by atoms with Gasteiger partial charge < -0.3 is 5.43 Å². The van der Waals surface area contributed by atoms with E-state index in [1.807, 2.05) is 20.0 Å². The molecule has 1 atom stereocenters. The zero-order valence-electron chi connectivity index (χ0n) is 7.91. The number of rotatable bonds is 0. The first-order chi connectivity index (χ1) is 5.86. The van der Waals surface area contributed by atoms with Gasteiger partial charge in [0.2, 0.25) is 0 Å². The van der Waals surface area contributed by atoms with Crippen molar-refractivity contribution < 1.29 is 0 Å². The third-order valence-corrected chi connectivity index (χ3v) is 1.77. The van der Waals surface area contributed by atoms with Crippen LogP contribution in [-0.2, 0) is 6.42 Å². The smallest absolute Gasteiger partial charge is 0.0826 e. The van der Waals surface area contributed by atoms with Crippen LogP contribution < -0.4 is 5.43 Å². The first kappa shape index (κ1) is 9.03. The highest BCUT2D eigenvalue weighted by Crippen LogP contribution is 2.09. The van der Waals surface area contributed by atoms with Crippen molar-refractivity contribution >= 4 is 0 Å². The Hall–Kier alpha value is -1.06. The lowest BCUT2D eigenvalue weighted by atomic mass is 10.1. The summed E-state index contributed by atoms with van der Waals surface area (Å²) in [6, 6.07) is 0. The molecule has 0 radical (unpaired) electrons. The van der Waals surface area contributed by atoms with Gasteiger partial charge in [-0.2, -0.15) is 4.79 Å². The van der Waals surface area contributed by atoms with E-state index in [-0.39, 0.29) is 0 Å². The molecule has 0 saturated carbocycles. The number of nitrogens with zero attached hydrogens (tertiary/aromatic N) is 3. The van der Waals surface area contributed by atoms with Crippen molar-refractivity contribution in [1.82, 2.24) is 15.1 Å². The maximum atomic E-state index is 3.85. The summed E-state index contributed by atoms with van der Waals surface area (Å²) in [5.41, 5.74) is 4.31. The minimum absolute atomic E-state index is 0.700. The number of aromatic nitrogens is 3. The van der Waals surface area contributed by atoms with Crippen LogP contribution in [0.4, 0.5) is 0 Å². The van der Waals surface area contributed by atoms with Gasteiger partial charge in [-0.1, -0.05) is 20.8 Å². The largest absolute Gasteiger partial charge is 0.308 e. The first-order valence-electron chi connectivity index (χ1n) is 4.50. The van der Waals surface area contributed by atoms with E-state index >= 15 is 0 Å². The molecule has 4 heteroatoms. The van der Waals surface area contributed by atoms with Crippen molar-refractivity contribution in [3.05, 3.63) is 11.9 Å². The van der Waals surface area contributed by atoms with Gasteiger partial charge in [0, 0.05) is 6.54 Å². The zero-order valence-corrected chi connectivity index (χ0v) is 7.91. The average Bonchev–Trinajstić information content (AvgIpc) is 2.54. The Morgan fingerprint density at radius 2 is 2.33 bits per heavy atom. The van der Waals surface area contributed by atoms with E-state index in [4.69, 9.17) is 0 Å². The van der Waals surface area contributed by atoms with Crippen LogP contribution in [0.1, 0.15) is 26.5 Å². The lowest BCUT2D eigenvalue weighted by Gasteiger charge is -2.19. The third kappa shape index (κ3) is 1.75. The van der Waals surface area contributed by atoms with Crippen molar-refractivity contribution in [2.45, 2.75) is 27.2 Å². The van der Waals surface area contributed by atoms with Gasteiger partial charge in [0.25, 0.3) is 0 Å². The highest BCUT2D eigenvalue weighted by Gasteiger charge is 2.14. The molecule has 0 bridgehead atoms. The summed E-state index contributed by atoms with van der Waals surface area (Å²) in [7, 11) is 0. The minimum atomic E-state index is 0.700. The molecule has 1 N–H and O–H groups in total. The second-order valence-corrected chi connectivity index (χ2v) is 2.81. The Labute approximate surface area is 72.9 Å². The van der Waals surface area contributed by atoms with E-state index in [0.717, 1.165) is 13.0 Å². The fourth-order valence-electron chi connectivity index (χ4n) is 1.20. The molecule has 0 fully saturated rings. The molecule has 0 aliphatic carbocycles. The maximum absolute atomic E-state index is 3.85. The van der Waals surface area contributed by atoms with Crippen LogP contribution in [0.15, 0.2) is 6.20 Å². The highest BCUT2D eigenvalue weighted by molar-refractivity contribution is 5.01. The van der Waals surface area contributed by atoms with Gasteiger partial charge in [0.05, 0.1) is 11.9 Å². The molecule has 2 heterocycles. The van der Waals surface area contributed by atoms with Gasteiger partial charge >= 0.3 is 0 Å². The normalized spacial score (nSPS) is 20.1. The summed E-state index contributed by atoms with van der Waals surface area (Å²) < 4.78 is 0. The standard InChI is InChI=1S/C6H10N4.C2H6/c1-5-2-6-4-7-9-10(6)8-3-5;1-2/h4-5,8H,2-3H2,1H3;1-2H3. The van der Waals surface area contributed by atoms with E-state index in [9.17, 15) is 0 Å².